The second-order valence-corrected chi connectivity index (χ2v) is 9.11. The normalized spacial score (nSPS) is 18.4. The van der Waals surface area contributed by atoms with E-state index in [4.69, 9.17) is 4.52 Å². The molecule has 1 aromatic carbocycles. The highest BCUT2D eigenvalue weighted by Gasteiger charge is 2.46. The lowest BCUT2D eigenvalue weighted by atomic mass is 9.79. The fourth-order valence-corrected chi connectivity index (χ4v) is 5.10. The van der Waals surface area contributed by atoms with Gasteiger partial charge in [0.1, 0.15) is 11.3 Å². The Morgan fingerprint density at radius 2 is 2.00 bits per heavy atom. The Kier molecular flexibility index (Phi) is 5.96. The van der Waals surface area contributed by atoms with Crippen LogP contribution in [0.3, 0.4) is 0 Å². The van der Waals surface area contributed by atoms with E-state index < -0.39 is 5.41 Å². The Morgan fingerprint density at radius 1 is 1.23 bits per heavy atom. The van der Waals surface area contributed by atoms with Crippen LogP contribution in [-0.4, -0.2) is 41.5 Å². The molecule has 3 aromatic rings. The molecule has 2 aromatic heterocycles. The van der Waals surface area contributed by atoms with Gasteiger partial charge in [-0.1, -0.05) is 35.5 Å². The summed E-state index contributed by atoms with van der Waals surface area (Å²) in [6.07, 6.45) is 1.22. The zero-order chi connectivity index (χ0) is 22.0. The molecule has 1 aliphatic heterocycles. The number of likely N-dealkylation sites (tertiary alicyclic amines) is 1. The number of hydrogen-bond acceptors (Lipinski definition) is 5. The van der Waals surface area contributed by atoms with E-state index in [1.807, 2.05) is 13.0 Å². The van der Waals surface area contributed by atoms with Gasteiger partial charge >= 0.3 is 0 Å². The highest BCUT2D eigenvalue weighted by Crippen LogP contribution is 2.36. The summed E-state index contributed by atoms with van der Waals surface area (Å²) in [6.45, 7) is 6.92. The van der Waals surface area contributed by atoms with Crippen molar-refractivity contribution in [1.82, 2.24) is 15.4 Å². The van der Waals surface area contributed by atoms with Crippen LogP contribution < -0.4 is 5.32 Å². The van der Waals surface area contributed by atoms with E-state index in [0.717, 1.165) is 5.56 Å². The van der Waals surface area contributed by atoms with Crippen LogP contribution >= 0.6 is 11.3 Å². The van der Waals surface area contributed by atoms with Gasteiger partial charge in [-0.25, -0.2) is 0 Å². The molecule has 2 amide bonds. The standard InChI is InChI=1S/C24H27N3O3S/c1-4-25-23(29)24(14-18-7-9-19(10-8-18)20-6-5-13-31-20)11-12-27(15-24)22(28)21-16(2)26-30-17(21)3/h5-10,13H,4,11-12,14-15H2,1-3H3,(H,25,29). The van der Waals surface area contributed by atoms with Crippen molar-refractivity contribution >= 4 is 23.2 Å². The van der Waals surface area contributed by atoms with Gasteiger partial charge in [-0.3, -0.25) is 9.59 Å². The molecule has 31 heavy (non-hydrogen) atoms. The number of nitrogens with zero attached hydrogens (tertiary/aromatic N) is 2. The van der Waals surface area contributed by atoms with Crippen molar-refractivity contribution in [3.05, 3.63) is 64.4 Å². The molecule has 0 bridgehead atoms. The minimum Gasteiger partial charge on any atom is -0.361 e. The Balaban J connectivity index is 1.57. The number of benzene rings is 1. The number of rotatable bonds is 6. The summed E-state index contributed by atoms with van der Waals surface area (Å²) in [5.74, 6) is 0.407. The van der Waals surface area contributed by atoms with Crippen LogP contribution in [0.25, 0.3) is 10.4 Å². The number of thiophene rings is 1. The molecule has 1 fully saturated rings. The second-order valence-electron chi connectivity index (χ2n) is 8.17. The molecule has 0 aliphatic carbocycles. The monoisotopic (exact) mass is 437 g/mol. The molecule has 0 saturated carbocycles. The molecule has 1 saturated heterocycles. The molecule has 6 nitrogen and oxygen atoms in total. The molecular formula is C24H27N3O3S. The van der Waals surface area contributed by atoms with Crippen molar-refractivity contribution in [2.24, 2.45) is 5.41 Å². The van der Waals surface area contributed by atoms with Gasteiger partial charge in [-0.15, -0.1) is 11.3 Å². The zero-order valence-corrected chi connectivity index (χ0v) is 18.9. The van der Waals surface area contributed by atoms with Gasteiger partial charge in [0.25, 0.3) is 5.91 Å². The quantitative estimate of drug-likeness (QED) is 0.626. The zero-order valence-electron chi connectivity index (χ0n) is 18.1. The SMILES string of the molecule is CCNC(=O)C1(Cc2ccc(-c3cccs3)cc2)CCN(C(=O)c2c(C)noc2C)C1. The summed E-state index contributed by atoms with van der Waals surface area (Å²) in [5, 5.41) is 8.96. The molecule has 1 unspecified atom stereocenters. The van der Waals surface area contributed by atoms with Crippen molar-refractivity contribution < 1.29 is 14.1 Å². The Bertz CT molecular complexity index is 1050. The largest absolute Gasteiger partial charge is 0.361 e. The summed E-state index contributed by atoms with van der Waals surface area (Å²) in [4.78, 5) is 29.3. The van der Waals surface area contributed by atoms with Crippen molar-refractivity contribution in [3.63, 3.8) is 0 Å². The summed E-state index contributed by atoms with van der Waals surface area (Å²) in [6, 6.07) is 12.5. The van der Waals surface area contributed by atoms with Crippen molar-refractivity contribution in [2.75, 3.05) is 19.6 Å². The van der Waals surface area contributed by atoms with Gasteiger partial charge in [0, 0.05) is 24.5 Å². The van der Waals surface area contributed by atoms with Gasteiger partial charge in [0.15, 0.2) is 0 Å². The molecule has 1 atom stereocenters. The first-order chi connectivity index (χ1) is 14.9. The first-order valence-corrected chi connectivity index (χ1v) is 11.4. The number of carbonyl (C=O) groups is 2. The number of carbonyl (C=O) groups excluding carboxylic acids is 2. The first-order valence-electron chi connectivity index (χ1n) is 10.6. The topological polar surface area (TPSA) is 75.4 Å². The highest BCUT2D eigenvalue weighted by molar-refractivity contribution is 7.13. The summed E-state index contributed by atoms with van der Waals surface area (Å²) < 4.78 is 5.18. The third-order valence-corrected chi connectivity index (χ3v) is 6.93. The van der Waals surface area contributed by atoms with Crippen molar-refractivity contribution in [3.8, 4) is 10.4 Å². The van der Waals surface area contributed by atoms with Crippen LogP contribution in [0.5, 0.6) is 0 Å². The van der Waals surface area contributed by atoms with E-state index in [0.29, 0.717) is 49.5 Å². The van der Waals surface area contributed by atoms with E-state index in [1.165, 1.54) is 10.4 Å². The molecule has 3 heterocycles. The van der Waals surface area contributed by atoms with Crippen LogP contribution in [0.15, 0.2) is 46.3 Å². The number of nitrogens with one attached hydrogen (secondary N) is 1. The van der Waals surface area contributed by atoms with Gasteiger partial charge in [0.2, 0.25) is 5.91 Å². The van der Waals surface area contributed by atoms with Crippen LogP contribution in [-0.2, 0) is 11.2 Å². The van der Waals surface area contributed by atoms with Crippen LogP contribution in [0.2, 0.25) is 0 Å². The molecule has 4 rings (SSSR count). The second kappa shape index (κ2) is 8.67. The highest BCUT2D eigenvalue weighted by atomic mass is 32.1. The third kappa shape index (κ3) is 4.14. The van der Waals surface area contributed by atoms with Gasteiger partial charge in [-0.05, 0) is 56.2 Å². The lowest BCUT2D eigenvalue weighted by Crippen LogP contribution is -2.45. The lowest BCUT2D eigenvalue weighted by molar-refractivity contribution is -0.130. The minimum absolute atomic E-state index is 0.00592. The van der Waals surface area contributed by atoms with E-state index in [9.17, 15) is 9.59 Å². The van der Waals surface area contributed by atoms with Crippen LogP contribution in [0.4, 0.5) is 0 Å². The third-order valence-electron chi connectivity index (χ3n) is 6.01. The predicted molar refractivity (Wildman–Crippen MR) is 121 cm³/mol. The smallest absolute Gasteiger partial charge is 0.259 e. The molecule has 0 spiro atoms. The summed E-state index contributed by atoms with van der Waals surface area (Å²) in [7, 11) is 0. The average molecular weight is 438 g/mol. The van der Waals surface area contributed by atoms with Crippen molar-refractivity contribution in [2.45, 2.75) is 33.6 Å². The van der Waals surface area contributed by atoms with Crippen molar-refractivity contribution in [1.29, 1.82) is 0 Å². The predicted octanol–water partition coefficient (Wildman–Crippen LogP) is 4.23. The number of aromatic nitrogens is 1. The van der Waals surface area contributed by atoms with Gasteiger partial charge in [-0.2, -0.15) is 0 Å². The Morgan fingerprint density at radius 3 is 2.61 bits per heavy atom. The number of aryl methyl sites for hydroxylation is 2. The lowest BCUT2D eigenvalue weighted by Gasteiger charge is -2.28. The Labute approximate surface area is 186 Å². The minimum atomic E-state index is -0.644. The fourth-order valence-electron chi connectivity index (χ4n) is 4.37. The number of hydrogen-bond donors (Lipinski definition) is 1. The maximum atomic E-state index is 13.1. The molecule has 1 N–H and O–H groups in total. The maximum absolute atomic E-state index is 13.1. The number of amides is 2. The van der Waals surface area contributed by atoms with Crippen LogP contribution in [0.1, 0.15) is 40.7 Å². The Hall–Kier alpha value is -2.93. The average Bonchev–Trinajstić information content (AvgIpc) is 3.50. The molecule has 0 radical (unpaired) electrons. The van der Waals surface area contributed by atoms with E-state index in [-0.39, 0.29) is 11.8 Å². The fraction of sp³-hybridized carbons (Fsp3) is 0.375. The summed E-state index contributed by atoms with van der Waals surface area (Å²) in [5.41, 5.74) is 2.72. The van der Waals surface area contributed by atoms with E-state index >= 15 is 0 Å². The van der Waals surface area contributed by atoms with E-state index in [1.54, 1.807) is 30.1 Å². The van der Waals surface area contributed by atoms with E-state index in [2.05, 4.69) is 46.2 Å². The van der Waals surface area contributed by atoms with Gasteiger partial charge < -0.3 is 14.7 Å². The molecular weight excluding hydrogens is 410 g/mol. The van der Waals surface area contributed by atoms with Crippen LogP contribution in [0, 0.1) is 19.3 Å². The van der Waals surface area contributed by atoms with Gasteiger partial charge in [0.05, 0.1) is 11.1 Å². The molecule has 7 heteroatoms. The molecule has 1 aliphatic rings. The first kappa shape index (κ1) is 21.3. The molecule has 162 valence electrons. The summed E-state index contributed by atoms with van der Waals surface area (Å²) >= 11 is 1.71. The maximum Gasteiger partial charge on any atom is 0.259 e.